The van der Waals surface area contributed by atoms with Crippen LogP contribution in [0, 0.1) is 5.41 Å². The Balaban J connectivity index is 2.13. The van der Waals surface area contributed by atoms with E-state index in [1.54, 1.807) is 0 Å². The van der Waals surface area contributed by atoms with Crippen molar-refractivity contribution in [1.82, 2.24) is 15.2 Å². The minimum atomic E-state index is 0.281. The van der Waals surface area contributed by atoms with Crippen LogP contribution in [0.2, 0.25) is 0 Å². The Morgan fingerprint density at radius 3 is 2.76 bits per heavy atom. The number of nitrogens with zero attached hydrogens (tertiary/aromatic N) is 2. The summed E-state index contributed by atoms with van der Waals surface area (Å²) in [6, 6.07) is 3.36. The maximum Gasteiger partial charge on any atom is 0.0410 e. The molecule has 1 saturated heterocycles. The topological polar surface area (TPSA) is 28.2 Å². The Kier molecular flexibility index (Phi) is 5.81. The lowest BCUT2D eigenvalue weighted by molar-refractivity contribution is 0.0474. The molecule has 1 aliphatic rings. The van der Waals surface area contributed by atoms with Crippen LogP contribution in [0.3, 0.4) is 0 Å². The van der Waals surface area contributed by atoms with Crippen molar-refractivity contribution in [1.29, 1.82) is 0 Å². The highest BCUT2D eigenvalue weighted by atomic mass is 79.9. The molecule has 118 valence electrons. The molecule has 1 fully saturated rings. The first-order valence-electron chi connectivity index (χ1n) is 7.97. The van der Waals surface area contributed by atoms with Crippen molar-refractivity contribution in [2.75, 3.05) is 13.1 Å². The van der Waals surface area contributed by atoms with Crippen LogP contribution in [-0.2, 0) is 6.54 Å². The molecule has 4 heteroatoms. The van der Waals surface area contributed by atoms with Crippen molar-refractivity contribution >= 4 is 15.9 Å². The number of nitrogens with one attached hydrogen (secondary N) is 1. The number of pyridine rings is 1. The zero-order valence-corrected chi connectivity index (χ0v) is 15.3. The van der Waals surface area contributed by atoms with Gasteiger partial charge in [-0.2, -0.15) is 0 Å². The van der Waals surface area contributed by atoms with E-state index < -0.39 is 0 Å². The molecular formula is C17H28BrN3. The molecule has 1 aromatic rings. The van der Waals surface area contributed by atoms with Crippen molar-refractivity contribution in [3.63, 3.8) is 0 Å². The largest absolute Gasteiger partial charge is 0.311 e. The van der Waals surface area contributed by atoms with Gasteiger partial charge >= 0.3 is 0 Å². The molecule has 2 heterocycles. The monoisotopic (exact) mass is 353 g/mol. The fourth-order valence-electron chi connectivity index (χ4n) is 3.23. The summed E-state index contributed by atoms with van der Waals surface area (Å²) in [5.74, 6) is 0. The van der Waals surface area contributed by atoms with Gasteiger partial charge in [-0.25, -0.2) is 0 Å². The van der Waals surface area contributed by atoms with E-state index in [1.165, 1.54) is 18.4 Å². The molecule has 0 bridgehead atoms. The lowest BCUT2D eigenvalue weighted by Crippen LogP contribution is -2.60. The number of hydrogen-bond donors (Lipinski definition) is 1. The van der Waals surface area contributed by atoms with Gasteiger partial charge in [0.05, 0.1) is 0 Å². The highest BCUT2D eigenvalue weighted by Crippen LogP contribution is 2.28. The minimum absolute atomic E-state index is 0.281. The maximum absolute atomic E-state index is 4.30. The minimum Gasteiger partial charge on any atom is -0.311 e. The molecular weight excluding hydrogens is 326 g/mol. The number of piperazine rings is 1. The fraction of sp³-hybridized carbons (Fsp3) is 0.706. The fourth-order valence-corrected chi connectivity index (χ4v) is 3.64. The molecule has 1 N–H and O–H groups in total. The van der Waals surface area contributed by atoms with E-state index in [-0.39, 0.29) is 5.41 Å². The van der Waals surface area contributed by atoms with E-state index in [4.69, 9.17) is 0 Å². The van der Waals surface area contributed by atoms with Gasteiger partial charge in [-0.05, 0) is 39.4 Å². The summed E-state index contributed by atoms with van der Waals surface area (Å²) in [4.78, 5) is 6.94. The lowest BCUT2D eigenvalue weighted by atomic mass is 9.83. The Morgan fingerprint density at radius 1 is 1.38 bits per heavy atom. The second-order valence-electron chi connectivity index (χ2n) is 7.22. The van der Waals surface area contributed by atoms with Gasteiger partial charge in [-0.1, -0.05) is 34.1 Å². The van der Waals surface area contributed by atoms with Gasteiger partial charge in [0.25, 0.3) is 0 Å². The van der Waals surface area contributed by atoms with Gasteiger partial charge in [0, 0.05) is 48.6 Å². The number of halogens is 1. The number of hydrogen-bond acceptors (Lipinski definition) is 3. The molecule has 0 spiro atoms. The average molecular weight is 354 g/mol. The molecule has 0 aromatic carbocycles. The lowest BCUT2D eigenvalue weighted by Gasteiger charge is -2.46. The molecule has 2 rings (SSSR count). The molecule has 1 aromatic heterocycles. The van der Waals surface area contributed by atoms with Crippen molar-refractivity contribution in [3.05, 3.63) is 28.5 Å². The normalized spacial score (nSPS) is 24.2. The summed E-state index contributed by atoms with van der Waals surface area (Å²) in [7, 11) is 0. The maximum atomic E-state index is 4.30. The highest BCUT2D eigenvalue weighted by molar-refractivity contribution is 9.10. The Labute approximate surface area is 137 Å². The summed E-state index contributed by atoms with van der Waals surface area (Å²) < 4.78 is 1.06. The summed E-state index contributed by atoms with van der Waals surface area (Å²) in [5.41, 5.74) is 1.57. The van der Waals surface area contributed by atoms with E-state index in [0.29, 0.717) is 12.1 Å². The van der Waals surface area contributed by atoms with Crippen molar-refractivity contribution < 1.29 is 0 Å². The van der Waals surface area contributed by atoms with E-state index in [1.807, 2.05) is 12.4 Å². The Morgan fingerprint density at radius 2 is 2.14 bits per heavy atom. The molecule has 0 aliphatic carbocycles. The summed E-state index contributed by atoms with van der Waals surface area (Å²) in [5, 5.41) is 3.74. The molecule has 2 atom stereocenters. The van der Waals surface area contributed by atoms with Crippen LogP contribution in [0.25, 0.3) is 0 Å². The van der Waals surface area contributed by atoms with Crippen molar-refractivity contribution in [2.45, 2.75) is 59.2 Å². The third kappa shape index (κ3) is 4.76. The van der Waals surface area contributed by atoms with Crippen LogP contribution < -0.4 is 5.32 Å². The third-order valence-electron chi connectivity index (χ3n) is 4.28. The highest BCUT2D eigenvalue weighted by Gasteiger charge is 2.35. The van der Waals surface area contributed by atoms with Crippen molar-refractivity contribution in [3.8, 4) is 0 Å². The van der Waals surface area contributed by atoms with Crippen LogP contribution in [-0.4, -0.2) is 35.1 Å². The predicted molar refractivity (Wildman–Crippen MR) is 92.3 cm³/mol. The molecule has 1 aliphatic heterocycles. The smallest absolute Gasteiger partial charge is 0.0410 e. The second kappa shape index (κ2) is 7.21. The van der Waals surface area contributed by atoms with Gasteiger partial charge in [-0.15, -0.1) is 0 Å². The Hall–Kier alpha value is -0.450. The second-order valence-corrected chi connectivity index (χ2v) is 8.13. The number of rotatable bonds is 4. The van der Waals surface area contributed by atoms with Gasteiger partial charge in [-0.3, -0.25) is 9.88 Å². The Bertz CT molecular complexity index is 456. The van der Waals surface area contributed by atoms with Crippen LogP contribution >= 0.6 is 15.9 Å². The van der Waals surface area contributed by atoms with Gasteiger partial charge in [0.1, 0.15) is 0 Å². The molecule has 3 nitrogen and oxygen atoms in total. The van der Waals surface area contributed by atoms with E-state index in [2.05, 4.69) is 64.9 Å². The first kappa shape index (κ1) is 16.9. The zero-order chi connectivity index (χ0) is 15.5. The molecule has 2 unspecified atom stereocenters. The van der Waals surface area contributed by atoms with E-state index in [0.717, 1.165) is 24.1 Å². The summed E-state index contributed by atoms with van der Waals surface area (Å²) >= 11 is 3.52. The van der Waals surface area contributed by atoms with Crippen LogP contribution in [0.1, 0.15) is 46.1 Å². The van der Waals surface area contributed by atoms with Gasteiger partial charge in [0.2, 0.25) is 0 Å². The SMILES string of the molecule is CCCC1CN(Cc2cncc(Br)c2)C(C(C)(C)C)CN1. The quantitative estimate of drug-likeness (QED) is 0.891. The third-order valence-corrected chi connectivity index (χ3v) is 4.71. The first-order chi connectivity index (χ1) is 9.90. The molecule has 0 amide bonds. The summed E-state index contributed by atoms with van der Waals surface area (Å²) in [6.07, 6.45) is 6.33. The number of aromatic nitrogens is 1. The standard InChI is InChI=1S/C17H28BrN3/c1-5-6-15-12-21(16(10-20-15)17(2,3)4)11-13-7-14(18)9-19-8-13/h7-9,15-16,20H,5-6,10-12H2,1-4H3. The summed E-state index contributed by atoms with van der Waals surface area (Å²) in [6.45, 7) is 12.5. The molecule has 0 saturated carbocycles. The first-order valence-corrected chi connectivity index (χ1v) is 8.76. The molecule has 0 radical (unpaired) electrons. The predicted octanol–water partition coefficient (Wildman–Crippen LogP) is 3.83. The van der Waals surface area contributed by atoms with Gasteiger partial charge in [0.15, 0.2) is 0 Å². The van der Waals surface area contributed by atoms with Crippen LogP contribution in [0.15, 0.2) is 22.9 Å². The van der Waals surface area contributed by atoms with Gasteiger partial charge < -0.3 is 5.32 Å². The van der Waals surface area contributed by atoms with E-state index >= 15 is 0 Å². The van der Waals surface area contributed by atoms with Crippen LogP contribution in [0.4, 0.5) is 0 Å². The van der Waals surface area contributed by atoms with Crippen LogP contribution in [0.5, 0.6) is 0 Å². The zero-order valence-electron chi connectivity index (χ0n) is 13.7. The van der Waals surface area contributed by atoms with E-state index in [9.17, 15) is 0 Å². The average Bonchev–Trinajstić information content (AvgIpc) is 2.38. The van der Waals surface area contributed by atoms with Crippen molar-refractivity contribution in [2.24, 2.45) is 5.41 Å². The molecule has 21 heavy (non-hydrogen) atoms.